The molecule has 0 spiro atoms. The molecular weight excluding hydrogens is 380 g/mol. The van der Waals surface area contributed by atoms with Crippen molar-refractivity contribution in [2.45, 2.75) is 72.3 Å². The van der Waals surface area contributed by atoms with Crippen molar-refractivity contribution in [3.63, 3.8) is 0 Å². The van der Waals surface area contributed by atoms with Crippen LogP contribution in [0.25, 0.3) is 0 Å². The van der Waals surface area contributed by atoms with Crippen LogP contribution in [0.5, 0.6) is 0 Å². The molecule has 2 fully saturated rings. The van der Waals surface area contributed by atoms with Crippen molar-refractivity contribution in [2.24, 2.45) is 34.5 Å². The lowest BCUT2D eigenvalue weighted by Gasteiger charge is -2.56. The van der Waals surface area contributed by atoms with Crippen molar-refractivity contribution in [2.75, 3.05) is 6.61 Å². The van der Waals surface area contributed by atoms with E-state index in [0.717, 1.165) is 19.3 Å². The molecule has 7 unspecified atom stereocenters. The Balaban J connectivity index is 1.73. The minimum Gasteiger partial charge on any atom is -0.458 e. The van der Waals surface area contributed by atoms with Gasteiger partial charge in [-0.25, -0.2) is 0 Å². The average Bonchev–Trinajstić information content (AvgIpc) is 2.89. The number of ether oxygens (including phenoxy) is 1. The van der Waals surface area contributed by atoms with Crippen LogP contribution in [0.15, 0.2) is 23.3 Å². The molecule has 30 heavy (non-hydrogen) atoms. The predicted molar refractivity (Wildman–Crippen MR) is 112 cm³/mol. The highest BCUT2D eigenvalue weighted by atomic mass is 16.5. The minimum atomic E-state index is -1.50. The Labute approximate surface area is 178 Å². The number of esters is 1. The highest BCUT2D eigenvalue weighted by Crippen LogP contribution is 2.67. The fraction of sp³-hybridized carbons (Fsp3) is 0.720. The summed E-state index contributed by atoms with van der Waals surface area (Å²) < 4.78 is 4.97. The second kappa shape index (κ2) is 6.88. The number of carbonyl (C=O) groups excluding carboxylic acids is 3. The maximum atomic E-state index is 13.1. The van der Waals surface area contributed by atoms with Crippen LogP contribution in [-0.4, -0.2) is 34.9 Å². The molecule has 0 heterocycles. The Kier molecular flexibility index (Phi) is 4.92. The zero-order valence-corrected chi connectivity index (χ0v) is 18.8. The van der Waals surface area contributed by atoms with E-state index < -0.39 is 17.0 Å². The standard InChI is InChI=1S/C25H34O5/c1-14-10-18-19(23(4)8-6-17(27)12-20(14)23)7-9-24(5)21(18)11-15(2)25(24,29)22(28)13-30-16(3)26/h7,12,14-15,18,21,29H,6,8-11,13H2,1-5H3. The van der Waals surface area contributed by atoms with Crippen LogP contribution < -0.4 is 0 Å². The summed E-state index contributed by atoms with van der Waals surface area (Å²) in [4.78, 5) is 36.4. The van der Waals surface area contributed by atoms with Gasteiger partial charge in [0.2, 0.25) is 5.78 Å². The van der Waals surface area contributed by atoms with Gasteiger partial charge in [-0.15, -0.1) is 0 Å². The van der Waals surface area contributed by atoms with E-state index in [0.29, 0.717) is 24.7 Å². The Morgan fingerprint density at radius 2 is 1.90 bits per heavy atom. The van der Waals surface area contributed by atoms with Gasteiger partial charge in [0.1, 0.15) is 5.60 Å². The number of aliphatic hydroxyl groups is 1. The van der Waals surface area contributed by atoms with Crippen molar-refractivity contribution in [3.05, 3.63) is 23.3 Å². The third-order valence-electron chi connectivity index (χ3n) is 9.07. The van der Waals surface area contributed by atoms with Gasteiger partial charge in [0.15, 0.2) is 12.4 Å². The van der Waals surface area contributed by atoms with Gasteiger partial charge in [-0.1, -0.05) is 44.9 Å². The molecule has 4 rings (SSSR count). The average molecular weight is 415 g/mol. The summed E-state index contributed by atoms with van der Waals surface area (Å²) in [5.74, 6) is -0.0598. The summed E-state index contributed by atoms with van der Waals surface area (Å²) in [5.41, 5.74) is 0.490. The molecule has 0 aliphatic heterocycles. The van der Waals surface area contributed by atoms with Gasteiger partial charge in [0.25, 0.3) is 0 Å². The van der Waals surface area contributed by atoms with E-state index >= 15 is 0 Å². The molecule has 0 bridgehead atoms. The number of rotatable bonds is 3. The topological polar surface area (TPSA) is 80.7 Å². The van der Waals surface area contributed by atoms with Crippen LogP contribution in [0.3, 0.4) is 0 Å². The SMILES string of the molecule is CC(=O)OCC(=O)C1(O)C(C)CC2C3CC(C)C4=CC(=O)CCC4(C)C3=CCC21C. The van der Waals surface area contributed by atoms with Crippen LogP contribution in [0.2, 0.25) is 0 Å². The molecule has 0 aromatic carbocycles. The second-order valence-corrected chi connectivity index (χ2v) is 10.6. The molecule has 2 saturated carbocycles. The maximum Gasteiger partial charge on any atom is 0.303 e. The zero-order chi connectivity index (χ0) is 22.1. The minimum absolute atomic E-state index is 0.0940. The smallest absolute Gasteiger partial charge is 0.303 e. The van der Waals surface area contributed by atoms with E-state index in [2.05, 4.69) is 19.9 Å². The second-order valence-electron chi connectivity index (χ2n) is 10.6. The molecule has 0 saturated heterocycles. The lowest BCUT2D eigenvalue weighted by molar-refractivity contribution is -0.167. The number of hydrogen-bond acceptors (Lipinski definition) is 5. The molecule has 1 N–H and O–H groups in total. The van der Waals surface area contributed by atoms with Crippen LogP contribution in [0.4, 0.5) is 0 Å². The van der Waals surface area contributed by atoms with Gasteiger partial charge < -0.3 is 9.84 Å². The van der Waals surface area contributed by atoms with Crippen LogP contribution in [0, 0.1) is 34.5 Å². The van der Waals surface area contributed by atoms with Crippen molar-refractivity contribution in [1.82, 2.24) is 0 Å². The molecule has 0 amide bonds. The fourth-order valence-electron chi connectivity index (χ4n) is 7.49. The van der Waals surface area contributed by atoms with Crippen LogP contribution in [-0.2, 0) is 19.1 Å². The van der Waals surface area contributed by atoms with E-state index in [-0.39, 0.29) is 35.4 Å². The molecule has 0 radical (unpaired) electrons. The van der Waals surface area contributed by atoms with Crippen molar-refractivity contribution >= 4 is 17.5 Å². The van der Waals surface area contributed by atoms with Gasteiger partial charge in [0, 0.05) is 24.2 Å². The Morgan fingerprint density at radius 3 is 2.57 bits per heavy atom. The summed E-state index contributed by atoms with van der Waals surface area (Å²) in [6, 6.07) is 0. The molecule has 4 aliphatic carbocycles. The molecule has 4 aliphatic rings. The predicted octanol–water partition coefficient (Wildman–Crippen LogP) is 3.79. The van der Waals surface area contributed by atoms with E-state index in [1.165, 1.54) is 18.1 Å². The molecule has 7 atom stereocenters. The first-order valence-corrected chi connectivity index (χ1v) is 11.3. The number of allylic oxidation sites excluding steroid dienone is 4. The van der Waals surface area contributed by atoms with Crippen LogP contribution >= 0.6 is 0 Å². The van der Waals surface area contributed by atoms with E-state index in [9.17, 15) is 19.5 Å². The molecule has 164 valence electrons. The number of ketones is 2. The van der Waals surface area contributed by atoms with Crippen LogP contribution in [0.1, 0.15) is 66.7 Å². The Morgan fingerprint density at radius 1 is 1.20 bits per heavy atom. The third-order valence-corrected chi connectivity index (χ3v) is 9.07. The highest BCUT2D eigenvalue weighted by Gasteiger charge is 2.67. The van der Waals surface area contributed by atoms with Crippen molar-refractivity contribution in [3.8, 4) is 0 Å². The van der Waals surface area contributed by atoms with Gasteiger partial charge >= 0.3 is 5.97 Å². The molecule has 5 nitrogen and oxygen atoms in total. The Hall–Kier alpha value is -1.75. The molecule has 0 aromatic heterocycles. The number of hydrogen-bond donors (Lipinski definition) is 1. The monoisotopic (exact) mass is 414 g/mol. The van der Waals surface area contributed by atoms with E-state index in [1.54, 1.807) is 0 Å². The molecule has 0 aromatic rings. The molecule has 5 heteroatoms. The van der Waals surface area contributed by atoms with E-state index in [1.807, 2.05) is 19.9 Å². The summed E-state index contributed by atoms with van der Waals surface area (Å²) in [6.45, 7) is 9.39. The first kappa shape index (κ1) is 21.5. The summed E-state index contributed by atoms with van der Waals surface area (Å²) in [7, 11) is 0. The summed E-state index contributed by atoms with van der Waals surface area (Å²) in [6.07, 6.45) is 7.93. The quantitative estimate of drug-likeness (QED) is 0.561. The van der Waals surface area contributed by atoms with Gasteiger partial charge in [-0.2, -0.15) is 0 Å². The zero-order valence-electron chi connectivity index (χ0n) is 18.8. The normalized spacial score (nSPS) is 44.9. The van der Waals surface area contributed by atoms with E-state index in [4.69, 9.17) is 4.74 Å². The third kappa shape index (κ3) is 2.73. The number of fused-ring (bicyclic) bond motifs is 5. The van der Waals surface area contributed by atoms with Crippen molar-refractivity contribution < 1.29 is 24.2 Å². The lowest BCUT2D eigenvalue weighted by Crippen LogP contribution is -2.58. The maximum absolute atomic E-state index is 13.1. The summed E-state index contributed by atoms with van der Waals surface area (Å²) in [5, 5.41) is 11.8. The van der Waals surface area contributed by atoms with Gasteiger partial charge in [0.05, 0.1) is 0 Å². The fourth-order valence-corrected chi connectivity index (χ4v) is 7.49. The molecular formula is C25H34O5. The Bertz CT molecular complexity index is 869. The highest BCUT2D eigenvalue weighted by molar-refractivity contribution is 5.92. The van der Waals surface area contributed by atoms with Crippen molar-refractivity contribution in [1.29, 1.82) is 0 Å². The number of Topliss-reactive ketones (excluding diaryl/α,β-unsaturated/α-hetero) is 1. The summed E-state index contributed by atoms with van der Waals surface area (Å²) >= 11 is 0. The van der Waals surface area contributed by atoms with Gasteiger partial charge in [-0.05, 0) is 55.4 Å². The largest absolute Gasteiger partial charge is 0.458 e. The first-order valence-electron chi connectivity index (χ1n) is 11.3. The first-order chi connectivity index (χ1) is 13.9. The number of carbonyl (C=O) groups is 3. The van der Waals surface area contributed by atoms with Gasteiger partial charge in [-0.3, -0.25) is 14.4 Å². The lowest BCUT2D eigenvalue weighted by atomic mass is 9.48.